The molecule has 0 radical (unpaired) electrons. The van der Waals surface area contributed by atoms with Gasteiger partial charge in [0.25, 0.3) is 0 Å². The number of aryl methyl sites for hydroxylation is 1. The van der Waals surface area contributed by atoms with Crippen LogP contribution < -0.4 is 0 Å². The smallest absolute Gasteiger partial charge is 0.374 e. The highest BCUT2D eigenvalue weighted by Crippen LogP contribution is 2.30. The SMILES string of the molecule is COC(=O)c1oc([C@H](C)N(C)C[C@@H]2CCC[C@H]2O)cc1C. The van der Waals surface area contributed by atoms with Crippen LogP contribution in [0, 0.1) is 12.8 Å². The van der Waals surface area contributed by atoms with Crippen molar-refractivity contribution in [3.8, 4) is 0 Å². The van der Waals surface area contributed by atoms with E-state index in [1.807, 2.05) is 27.0 Å². The fraction of sp³-hybridized carbons (Fsp3) is 0.688. The summed E-state index contributed by atoms with van der Waals surface area (Å²) in [6, 6.07) is 1.94. The van der Waals surface area contributed by atoms with Gasteiger partial charge in [-0.05, 0) is 45.7 Å². The zero-order valence-electron chi connectivity index (χ0n) is 13.3. The molecule has 5 heteroatoms. The largest absolute Gasteiger partial charge is 0.463 e. The second kappa shape index (κ2) is 6.62. The molecule has 1 aromatic heterocycles. The van der Waals surface area contributed by atoms with Gasteiger partial charge in [-0.15, -0.1) is 0 Å². The Morgan fingerprint density at radius 3 is 2.86 bits per heavy atom. The van der Waals surface area contributed by atoms with Gasteiger partial charge >= 0.3 is 5.97 Å². The summed E-state index contributed by atoms with van der Waals surface area (Å²) in [5.41, 5.74) is 0.790. The quantitative estimate of drug-likeness (QED) is 0.846. The number of ether oxygens (including phenoxy) is 1. The summed E-state index contributed by atoms with van der Waals surface area (Å²) in [5, 5.41) is 9.93. The predicted molar refractivity (Wildman–Crippen MR) is 79.2 cm³/mol. The van der Waals surface area contributed by atoms with Crippen LogP contribution in [0.2, 0.25) is 0 Å². The Balaban J connectivity index is 2.05. The normalized spacial score (nSPS) is 23.5. The number of hydrogen-bond donors (Lipinski definition) is 1. The first-order valence-electron chi connectivity index (χ1n) is 7.51. The Morgan fingerprint density at radius 2 is 2.29 bits per heavy atom. The predicted octanol–water partition coefficient (Wildman–Crippen LogP) is 2.53. The molecule has 5 nitrogen and oxygen atoms in total. The maximum atomic E-state index is 11.6. The zero-order chi connectivity index (χ0) is 15.6. The van der Waals surface area contributed by atoms with E-state index in [1.54, 1.807) is 0 Å². The number of aliphatic hydroxyl groups excluding tert-OH is 1. The first-order chi connectivity index (χ1) is 9.93. The van der Waals surface area contributed by atoms with Crippen molar-refractivity contribution in [3.05, 3.63) is 23.2 Å². The lowest BCUT2D eigenvalue weighted by atomic mass is 10.0. The number of nitrogens with zero attached hydrogens (tertiary/aromatic N) is 1. The van der Waals surface area contributed by atoms with E-state index in [2.05, 4.69) is 4.90 Å². The second-order valence-corrected chi connectivity index (χ2v) is 6.03. The van der Waals surface area contributed by atoms with Gasteiger partial charge in [-0.3, -0.25) is 4.90 Å². The van der Waals surface area contributed by atoms with E-state index in [0.717, 1.165) is 37.1 Å². The zero-order valence-corrected chi connectivity index (χ0v) is 13.3. The third-order valence-electron chi connectivity index (χ3n) is 4.52. The minimum Gasteiger partial charge on any atom is -0.463 e. The maximum Gasteiger partial charge on any atom is 0.374 e. The maximum absolute atomic E-state index is 11.6. The van der Waals surface area contributed by atoms with Gasteiger partial charge in [0.1, 0.15) is 5.76 Å². The third-order valence-corrected chi connectivity index (χ3v) is 4.52. The van der Waals surface area contributed by atoms with Crippen LogP contribution in [-0.4, -0.2) is 42.8 Å². The summed E-state index contributed by atoms with van der Waals surface area (Å²) >= 11 is 0. The lowest BCUT2D eigenvalue weighted by molar-refractivity contribution is 0.0556. The molecule has 0 aromatic carbocycles. The van der Waals surface area contributed by atoms with E-state index < -0.39 is 5.97 Å². The molecular formula is C16H25NO4. The van der Waals surface area contributed by atoms with Gasteiger partial charge in [0.05, 0.1) is 19.3 Å². The molecule has 1 aliphatic carbocycles. The summed E-state index contributed by atoms with van der Waals surface area (Å²) in [6.07, 6.45) is 2.88. The van der Waals surface area contributed by atoms with Gasteiger partial charge in [-0.2, -0.15) is 0 Å². The lowest BCUT2D eigenvalue weighted by Crippen LogP contribution is -2.31. The Hall–Kier alpha value is -1.33. The van der Waals surface area contributed by atoms with Gasteiger partial charge in [0.2, 0.25) is 5.76 Å². The van der Waals surface area contributed by atoms with Gasteiger partial charge in [-0.25, -0.2) is 4.79 Å². The minimum absolute atomic E-state index is 0.0508. The van der Waals surface area contributed by atoms with E-state index >= 15 is 0 Å². The molecule has 0 saturated heterocycles. The summed E-state index contributed by atoms with van der Waals surface area (Å²) in [5.74, 6) is 0.907. The van der Waals surface area contributed by atoms with Crippen LogP contribution in [0.4, 0.5) is 0 Å². The van der Waals surface area contributed by atoms with Crippen molar-refractivity contribution in [2.24, 2.45) is 5.92 Å². The topological polar surface area (TPSA) is 62.9 Å². The lowest BCUT2D eigenvalue weighted by Gasteiger charge is -2.27. The van der Waals surface area contributed by atoms with Gasteiger partial charge in [0.15, 0.2) is 0 Å². The molecule has 0 amide bonds. The monoisotopic (exact) mass is 295 g/mol. The third kappa shape index (κ3) is 3.47. The molecule has 3 atom stereocenters. The minimum atomic E-state index is -0.445. The summed E-state index contributed by atoms with van der Waals surface area (Å²) in [6.45, 7) is 4.71. The average molecular weight is 295 g/mol. The summed E-state index contributed by atoms with van der Waals surface area (Å²) < 4.78 is 10.4. The molecule has 21 heavy (non-hydrogen) atoms. The molecule has 1 saturated carbocycles. The highest BCUT2D eigenvalue weighted by atomic mass is 16.5. The van der Waals surface area contributed by atoms with Crippen LogP contribution in [0.5, 0.6) is 0 Å². The van der Waals surface area contributed by atoms with Crippen LogP contribution >= 0.6 is 0 Å². The van der Waals surface area contributed by atoms with Gasteiger partial charge in [-0.1, -0.05) is 6.42 Å². The Morgan fingerprint density at radius 1 is 1.57 bits per heavy atom. The second-order valence-electron chi connectivity index (χ2n) is 6.03. The molecule has 1 heterocycles. The van der Waals surface area contributed by atoms with Crippen molar-refractivity contribution in [2.45, 2.75) is 45.3 Å². The van der Waals surface area contributed by atoms with Crippen LogP contribution in [0.1, 0.15) is 54.1 Å². The number of carbonyl (C=O) groups is 1. The van der Waals surface area contributed by atoms with Crippen molar-refractivity contribution in [1.82, 2.24) is 4.90 Å². The molecule has 2 rings (SSSR count). The number of aliphatic hydroxyl groups is 1. The summed E-state index contributed by atoms with van der Waals surface area (Å²) in [7, 11) is 3.37. The van der Waals surface area contributed by atoms with E-state index in [0.29, 0.717) is 5.92 Å². The van der Waals surface area contributed by atoms with Crippen molar-refractivity contribution in [1.29, 1.82) is 0 Å². The van der Waals surface area contributed by atoms with Crippen LogP contribution in [0.15, 0.2) is 10.5 Å². The number of rotatable bonds is 5. The van der Waals surface area contributed by atoms with Crippen LogP contribution in [0.3, 0.4) is 0 Å². The number of methoxy groups -OCH3 is 1. The molecule has 0 aliphatic heterocycles. The Bertz CT molecular complexity index is 496. The van der Waals surface area contributed by atoms with Crippen molar-refractivity contribution >= 4 is 5.97 Å². The van der Waals surface area contributed by atoms with Gasteiger partial charge < -0.3 is 14.3 Å². The number of furan rings is 1. The number of carbonyl (C=O) groups excluding carboxylic acids is 1. The molecule has 1 N–H and O–H groups in total. The fourth-order valence-corrected chi connectivity index (χ4v) is 2.98. The van der Waals surface area contributed by atoms with E-state index in [9.17, 15) is 9.90 Å². The van der Waals surface area contributed by atoms with Crippen LogP contribution in [0.25, 0.3) is 0 Å². The molecule has 1 fully saturated rings. The van der Waals surface area contributed by atoms with E-state index in [-0.39, 0.29) is 17.9 Å². The molecule has 0 spiro atoms. The van der Waals surface area contributed by atoms with E-state index in [4.69, 9.17) is 9.15 Å². The number of hydrogen-bond acceptors (Lipinski definition) is 5. The Kier molecular flexibility index (Phi) is 5.06. The van der Waals surface area contributed by atoms with Crippen molar-refractivity contribution in [3.63, 3.8) is 0 Å². The molecule has 1 aliphatic rings. The fourth-order valence-electron chi connectivity index (χ4n) is 2.98. The summed E-state index contributed by atoms with van der Waals surface area (Å²) in [4.78, 5) is 13.8. The van der Waals surface area contributed by atoms with Crippen molar-refractivity contribution < 1.29 is 19.1 Å². The molecule has 118 valence electrons. The van der Waals surface area contributed by atoms with Gasteiger partial charge in [0, 0.05) is 12.1 Å². The Labute approximate surface area is 125 Å². The van der Waals surface area contributed by atoms with Crippen LogP contribution in [-0.2, 0) is 4.74 Å². The van der Waals surface area contributed by atoms with Crippen molar-refractivity contribution in [2.75, 3.05) is 20.7 Å². The standard InChI is InChI=1S/C16H25NO4/c1-10-8-14(21-15(10)16(19)20-4)11(2)17(3)9-12-6-5-7-13(12)18/h8,11-13,18H,5-7,9H2,1-4H3/t11-,12-,13+/m0/s1. The van der Waals surface area contributed by atoms with E-state index in [1.165, 1.54) is 7.11 Å². The average Bonchev–Trinajstić information content (AvgIpc) is 3.04. The highest BCUT2D eigenvalue weighted by molar-refractivity contribution is 5.87. The molecular weight excluding hydrogens is 270 g/mol. The first-order valence-corrected chi connectivity index (χ1v) is 7.51. The molecule has 1 aromatic rings. The number of esters is 1. The molecule has 0 bridgehead atoms. The molecule has 0 unspecified atom stereocenters. The first kappa shape index (κ1) is 16.0. The highest BCUT2D eigenvalue weighted by Gasteiger charge is 2.29.